The number of Topliss-reactive ketones (excluding diaryl/α,β-unsaturated/α-hetero) is 1. The van der Waals surface area contributed by atoms with Gasteiger partial charge in [0.25, 0.3) is 0 Å². The molecule has 0 aliphatic carbocycles. The Labute approximate surface area is 192 Å². The Morgan fingerprint density at radius 3 is 2.56 bits per heavy atom. The molecular weight excluding hydrogens is 416 g/mol. The molecule has 0 spiro atoms. The first-order valence-corrected chi connectivity index (χ1v) is 11.4. The maximum Gasteiger partial charge on any atom is 0.321 e. The van der Waals surface area contributed by atoms with Crippen LogP contribution in [0.15, 0.2) is 95.6 Å². The predicted molar refractivity (Wildman–Crippen MR) is 129 cm³/mol. The molecule has 0 amide bonds. The van der Waals surface area contributed by atoms with E-state index in [1.807, 2.05) is 79.7 Å². The minimum atomic E-state index is -1.37. The molecule has 0 radical (unpaired) electrons. The summed E-state index contributed by atoms with van der Waals surface area (Å²) in [4.78, 5) is 28.0. The third-order valence-corrected chi connectivity index (χ3v) is 7.24. The molecule has 4 heteroatoms. The highest BCUT2D eigenvalue weighted by Gasteiger charge is 2.56. The number of benzene rings is 3. The van der Waals surface area contributed by atoms with Gasteiger partial charge < -0.3 is 4.74 Å². The minimum Gasteiger partial charge on any atom is -0.468 e. The lowest BCUT2D eigenvalue weighted by molar-refractivity contribution is -0.149. The number of fused-ring (bicyclic) bond motifs is 1. The second-order valence-electron chi connectivity index (χ2n) is 7.83. The first-order chi connectivity index (χ1) is 15.6. The molecule has 1 heterocycles. The lowest BCUT2D eigenvalue weighted by Crippen LogP contribution is -2.46. The lowest BCUT2D eigenvalue weighted by Gasteiger charge is -2.40. The second-order valence-corrected chi connectivity index (χ2v) is 8.98. The minimum absolute atomic E-state index is 0.196. The van der Waals surface area contributed by atoms with Gasteiger partial charge in [0.2, 0.25) is 0 Å². The van der Waals surface area contributed by atoms with E-state index in [2.05, 4.69) is 11.8 Å². The summed E-state index contributed by atoms with van der Waals surface area (Å²) < 4.78 is 5.23. The van der Waals surface area contributed by atoms with E-state index in [4.69, 9.17) is 4.74 Å². The Bertz CT molecular complexity index is 1210. The summed E-state index contributed by atoms with van der Waals surface area (Å²) in [6.07, 6.45) is 3.84. The molecule has 0 saturated heterocycles. The number of thioether (sulfide) groups is 1. The fraction of sp³-hybridized carbons (Fsp3) is 0.179. The summed E-state index contributed by atoms with van der Waals surface area (Å²) in [5.41, 5.74) is 5.46. The number of methoxy groups -OCH3 is 1. The summed E-state index contributed by atoms with van der Waals surface area (Å²) >= 11 is 1.54. The van der Waals surface area contributed by atoms with Crippen LogP contribution >= 0.6 is 11.8 Å². The van der Waals surface area contributed by atoms with Crippen molar-refractivity contribution in [3.63, 3.8) is 0 Å². The van der Waals surface area contributed by atoms with Crippen LogP contribution in [-0.4, -0.2) is 18.9 Å². The highest BCUT2D eigenvalue weighted by molar-refractivity contribution is 7.99. The molecule has 0 fully saturated rings. The normalized spacial score (nSPS) is 19.4. The molecule has 3 aromatic carbocycles. The van der Waals surface area contributed by atoms with Crippen LogP contribution in [0.3, 0.4) is 0 Å². The zero-order chi connectivity index (χ0) is 22.6. The number of ether oxygens (including phenoxy) is 1. The Kier molecular flexibility index (Phi) is 6.45. The Hall–Kier alpha value is -3.33. The molecule has 0 bridgehead atoms. The average molecular weight is 441 g/mol. The highest BCUT2D eigenvalue weighted by atomic mass is 32.2. The highest BCUT2D eigenvalue weighted by Crippen LogP contribution is 2.56. The van der Waals surface area contributed by atoms with Gasteiger partial charge in [0, 0.05) is 10.5 Å². The molecule has 0 N–H and O–H groups in total. The number of rotatable bonds is 5. The SMILES string of the molecule is COC(=O)C1(CC=C=Cc2cccc(C)c2)C(=O)c2ccccc2SC1c1ccccc1. The van der Waals surface area contributed by atoms with Gasteiger partial charge in [-0.05, 0) is 42.7 Å². The Morgan fingerprint density at radius 1 is 1.06 bits per heavy atom. The monoisotopic (exact) mass is 440 g/mol. The Balaban J connectivity index is 1.81. The standard InChI is InChI=1S/C28H24O3S/c1-20-11-10-13-21(19-20)12-8-9-18-28(27(30)31-2)25(29)23-16-6-7-17-24(23)32-26(28)22-14-4-3-5-15-22/h3-7,9-17,19,26H,18H2,1-2H3. The van der Waals surface area contributed by atoms with E-state index in [9.17, 15) is 9.59 Å². The predicted octanol–water partition coefficient (Wildman–Crippen LogP) is 6.44. The van der Waals surface area contributed by atoms with Crippen LogP contribution in [0.1, 0.15) is 38.7 Å². The van der Waals surface area contributed by atoms with Crippen molar-refractivity contribution in [3.8, 4) is 0 Å². The van der Waals surface area contributed by atoms with Crippen molar-refractivity contribution in [2.24, 2.45) is 5.41 Å². The average Bonchev–Trinajstić information content (AvgIpc) is 2.83. The van der Waals surface area contributed by atoms with Crippen molar-refractivity contribution in [2.75, 3.05) is 7.11 Å². The smallest absolute Gasteiger partial charge is 0.321 e. The van der Waals surface area contributed by atoms with Gasteiger partial charge in [0.15, 0.2) is 11.2 Å². The van der Waals surface area contributed by atoms with Gasteiger partial charge in [-0.1, -0.05) is 78.4 Å². The molecule has 1 aliphatic heterocycles. The van der Waals surface area contributed by atoms with Crippen LogP contribution in [-0.2, 0) is 9.53 Å². The van der Waals surface area contributed by atoms with Crippen LogP contribution in [0.4, 0.5) is 0 Å². The molecule has 3 nitrogen and oxygen atoms in total. The van der Waals surface area contributed by atoms with E-state index in [-0.39, 0.29) is 12.2 Å². The molecule has 0 aromatic heterocycles. The van der Waals surface area contributed by atoms with Gasteiger partial charge in [-0.3, -0.25) is 9.59 Å². The van der Waals surface area contributed by atoms with Crippen molar-refractivity contribution in [2.45, 2.75) is 23.5 Å². The van der Waals surface area contributed by atoms with Crippen molar-refractivity contribution >= 4 is 29.6 Å². The maximum atomic E-state index is 13.9. The third-order valence-electron chi connectivity index (χ3n) is 5.72. The molecular formula is C28H24O3S. The topological polar surface area (TPSA) is 43.4 Å². The number of carbonyl (C=O) groups is 2. The van der Waals surface area contributed by atoms with Gasteiger partial charge in [-0.25, -0.2) is 0 Å². The van der Waals surface area contributed by atoms with Crippen molar-refractivity contribution < 1.29 is 14.3 Å². The largest absolute Gasteiger partial charge is 0.468 e. The van der Waals surface area contributed by atoms with E-state index < -0.39 is 16.6 Å². The number of ketones is 1. The van der Waals surface area contributed by atoms with Crippen LogP contribution in [0.5, 0.6) is 0 Å². The van der Waals surface area contributed by atoms with Gasteiger partial charge >= 0.3 is 5.97 Å². The number of hydrogen-bond acceptors (Lipinski definition) is 4. The summed E-state index contributed by atoms with van der Waals surface area (Å²) in [5.74, 6) is -0.729. The first-order valence-electron chi connectivity index (χ1n) is 10.5. The van der Waals surface area contributed by atoms with Crippen LogP contribution in [0.2, 0.25) is 0 Å². The number of esters is 1. The number of carbonyl (C=O) groups excluding carboxylic acids is 2. The second kappa shape index (κ2) is 9.44. The van der Waals surface area contributed by atoms with E-state index in [0.29, 0.717) is 5.56 Å². The molecule has 4 rings (SSSR count). The van der Waals surface area contributed by atoms with Crippen LogP contribution < -0.4 is 0 Å². The summed E-state index contributed by atoms with van der Waals surface area (Å²) in [7, 11) is 1.34. The maximum absolute atomic E-state index is 13.9. The van der Waals surface area contributed by atoms with E-state index in [0.717, 1.165) is 21.6 Å². The molecule has 0 saturated carbocycles. The van der Waals surface area contributed by atoms with Crippen LogP contribution in [0.25, 0.3) is 6.08 Å². The van der Waals surface area contributed by atoms with Crippen molar-refractivity contribution in [1.82, 2.24) is 0 Å². The summed E-state index contributed by atoms with van der Waals surface area (Å²) in [6.45, 7) is 2.03. The summed E-state index contributed by atoms with van der Waals surface area (Å²) in [5, 5.41) is -0.407. The van der Waals surface area contributed by atoms with Crippen molar-refractivity contribution in [3.05, 3.63) is 113 Å². The Morgan fingerprint density at radius 2 is 1.81 bits per heavy atom. The molecule has 2 unspecified atom stereocenters. The van der Waals surface area contributed by atoms with E-state index >= 15 is 0 Å². The molecule has 1 aliphatic rings. The summed E-state index contributed by atoms with van der Waals surface area (Å²) in [6, 6.07) is 25.2. The lowest BCUT2D eigenvalue weighted by atomic mass is 9.72. The number of allylic oxidation sites excluding steroid dienone is 1. The molecule has 2 atom stereocenters. The van der Waals surface area contributed by atoms with Gasteiger partial charge in [-0.15, -0.1) is 17.5 Å². The zero-order valence-corrected chi connectivity index (χ0v) is 18.9. The molecule has 3 aromatic rings. The van der Waals surface area contributed by atoms with Crippen molar-refractivity contribution in [1.29, 1.82) is 0 Å². The number of hydrogen-bond donors (Lipinski definition) is 0. The van der Waals surface area contributed by atoms with E-state index in [1.54, 1.807) is 23.9 Å². The third kappa shape index (κ3) is 4.08. The molecule has 160 valence electrons. The fourth-order valence-electron chi connectivity index (χ4n) is 4.12. The zero-order valence-electron chi connectivity index (χ0n) is 18.1. The van der Waals surface area contributed by atoms with E-state index in [1.165, 1.54) is 7.11 Å². The fourth-order valence-corrected chi connectivity index (χ4v) is 5.62. The van der Waals surface area contributed by atoms with Gasteiger partial charge in [-0.2, -0.15) is 0 Å². The van der Waals surface area contributed by atoms with Crippen LogP contribution in [0, 0.1) is 12.3 Å². The molecule has 32 heavy (non-hydrogen) atoms. The first kappa shape index (κ1) is 21.9. The quantitative estimate of drug-likeness (QED) is 0.260. The van der Waals surface area contributed by atoms with Gasteiger partial charge in [0.1, 0.15) is 0 Å². The number of aryl methyl sites for hydroxylation is 1. The van der Waals surface area contributed by atoms with Gasteiger partial charge in [0.05, 0.1) is 12.4 Å².